The number of carbonyl (C=O) groups is 3. The first-order valence-corrected chi connectivity index (χ1v) is 26.3. The maximum atomic E-state index is 12.8. The van der Waals surface area contributed by atoms with Gasteiger partial charge in [-0.15, -0.1) is 0 Å². The third-order valence-corrected chi connectivity index (χ3v) is 11.3. The van der Waals surface area contributed by atoms with Crippen LogP contribution in [0.1, 0.15) is 258 Å². The van der Waals surface area contributed by atoms with E-state index in [1.54, 1.807) is 0 Å². The Morgan fingerprint density at radius 1 is 0.339 bits per heavy atom. The number of allylic oxidation sites excluding steroid dienone is 10. The van der Waals surface area contributed by atoms with Gasteiger partial charge in [0.05, 0.1) is 0 Å². The van der Waals surface area contributed by atoms with Gasteiger partial charge in [0.1, 0.15) is 13.2 Å². The molecule has 0 radical (unpaired) electrons. The van der Waals surface area contributed by atoms with Crippen LogP contribution in [0.25, 0.3) is 0 Å². The quantitative estimate of drug-likeness (QED) is 0.0199. The average Bonchev–Trinajstić information content (AvgIpc) is 3.27. The highest BCUT2D eigenvalue weighted by Crippen LogP contribution is 2.14. The van der Waals surface area contributed by atoms with Gasteiger partial charge in [-0.3, -0.25) is 14.4 Å². The minimum Gasteiger partial charge on any atom is -0.462 e. The topological polar surface area (TPSA) is 78.9 Å². The van der Waals surface area contributed by atoms with Crippen molar-refractivity contribution in [2.45, 2.75) is 264 Å². The van der Waals surface area contributed by atoms with E-state index < -0.39 is 6.10 Å². The number of ether oxygens (including phenoxy) is 3. The Balaban J connectivity index is 4.42. The highest BCUT2D eigenvalue weighted by Gasteiger charge is 2.19. The fourth-order valence-corrected chi connectivity index (χ4v) is 7.27. The second kappa shape index (κ2) is 50.8. The number of esters is 3. The first kappa shape index (κ1) is 59.1. The van der Waals surface area contributed by atoms with E-state index >= 15 is 0 Å². The first-order valence-electron chi connectivity index (χ1n) is 26.3. The average molecular weight is 867 g/mol. The summed E-state index contributed by atoms with van der Waals surface area (Å²) in [4.78, 5) is 37.9. The van der Waals surface area contributed by atoms with Crippen molar-refractivity contribution in [1.29, 1.82) is 0 Å². The molecular formula is C56H98O6. The Bertz CT molecular complexity index is 1130. The molecule has 62 heavy (non-hydrogen) atoms. The zero-order valence-corrected chi connectivity index (χ0v) is 40.9. The highest BCUT2D eigenvalue weighted by molar-refractivity contribution is 5.71. The molecule has 0 N–H and O–H groups in total. The van der Waals surface area contributed by atoms with Gasteiger partial charge in [0.15, 0.2) is 6.10 Å². The molecule has 0 aliphatic rings. The van der Waals surface area contributed by atoms with Gasteiger partial charge in [-0.25, -0.2) is 0 Å². The van der Waals surface area contributed by atoms with Gasteiger partial charge in [-0.05, 0) is 77.0 Å². The fraction of sp³-hybridized carbons (Fsp3) is 0.768. The van der Waals surface area contributed by atoms with Crippen molar-refractivity contribution in [2.24, 2.45) is 0 Å². The van der Waals surface area contributed by atoms with Crippen LogP contribution in [0.2, 0.25) is 0 Å². The summed E-state index contributed by atoms with van der Waals surface area (Å²) >= 11 is 0. The van der Waals surface area contributed by atoms with Gasteiger partial charge in [0.25, 0.3) is 0 Å². The van der Waals surface area contributed by atoms with Gasteiger partial charge < -0.3 is 14.2 Å². The minimum atomic E-state index is -0.803. The molecule has 0 bridgehead atoms. The predicted molar refractivity (Wildman–Crippen MR) is 265 cm³/mol. The molecule has 358 valence electrons. The Labute approximate surface area is 383 Å². The summed E-state index contributed by atoms with van der Waals surface area (Å²) < 4.78 is 16.7. The molecule has 0 saturated carbocycles. The smallest absolute Gasteiger partial charge is 0.306 e. The van der Waals surface area contributed by atoms with Crippen LogP contribution < -0.4 is 0 Å². The van der Waals surface area contributed by atoms with E-state index in [1.807, 2.05) is 0 Å². The maximum Gasteiger partial charge on any atom is 0.306 e. The highest BCUT2D eigenvalue weighted by atomic mass is 16.6. The Kier molecular flexibility index (Phi) is 48.4. The summed E-state index contributed by atoms with van der Waals surface area (Å²) in [6.07, 6.45) is 62.2. The summed E-state index contributed by atoms with van der Waals surface area (Å²) in [5.41, 5.74) is 0. The van der Waals surface area contributed by atoms with Crippen molar-refractivity contribution >= 4 is 17.9 Å². The van der Waals surface area contributed by atoms with Gasteiger partial charge in [0.2, 0.25) is 0 Å². The second-order valence-corrected chi connectivity index (χ2v) is 17.5. The molecule has 6 heteroatoms. The molecule has 1 unspecified atom stereocenters. The van der Waals surface area contributed by atoms with Crippen molar-refractivity contribution < 1.29 is 28.6 Å². The zero-order chi connectivity index (χ0) is 45.1. The largest absolute Gasteiger partial charge is 0.462 e. The molecule has 0 aromatic carbocycles. The molecule has 0 aromatic rings. The second-order valence-electron chi connectivity index (χ2n) is 17.5. The normalized spacial score (nSPS) is 12.5. The number of hydrogen-bond acceptors (Lipinski definition) is 6. The Morgan fingerprint density at radius 3 is 1.05 bits per heavy atom. The van der Waals surface area contributed by atoms with Gasteiger partial charge >= 0.3 is 17.9 Å². The van der Waals surface area contributed by atoms with Gasteiger partial charge in [-0.1, -0.05) is 223 Å². The lowest BCUT2D eigenvalue weighted by Crippen LogP contribution is -2.30. The molecule has 6 nitrogen and oxygen atoms in total. The van der Waals surface area contributed by atoms with E-state index in [9.17, 15) is 14.4 Å². The molecule has 0 aromatic heterocycles. The molecule has 0 saturated heterocycles. The number of hydrogen-bond donors (Lipinski definition) is 0. The molecular weight excluding hydrogens is 769 g/mol. The summed E-state index contributed by atoms with van der Waals surface area (Å²) in [7, 11) is 0. The SMILES string of the molecule is CCCCCCCC/C=C\C/C=C\C/C=C\CCCC(=O)OC(COC(=O)CCCCCCC/C=C\C=C/CCCCCCCCC)COC(=O)CCCCCCCCCCC. The van der Waals surface area contributed by atoms with Crippen LogP contribution in [-0.4, -0.2) is 37.2 Å². The van der Waals surface area contributed by atoms with Crippen molar-refractivity contribution in [3.63, 3.8) is 0 Å². The number of unbranched alkanes of at least 4 members (excludes halogenated alkanes) is 27. The summed E-state index contributed by atoms with van der Waals surface area (Å²) in [6.45, 7) is 6.56. The molecule has 0 heterocycles. The Hall–Kier alpha value is -2.89. The molecule has 0 aliphatic heterocycles. The summed E-state index contributed by atoms with van der Waals surface area (Å²) in [5.74, 6) is -0.965. The van der Waals surface area contributed by atoms with Crippen LogP contribution in [0.4, 0.5) is 0 Å². The lowest BCUT2D eigenvalue weighted by molar-refractivity contribution is -0.167. The molecule has 0 amide bonds. The van der Waals surface area contributed by atoms with Crippen molar-refractivity contribution in [3.8, 4) is 0 Å². The zero-order valence-electron chi connectivity index (χ0n) is 40.9. The van der Waals surface area contributed by atoms with Crippen LogP contribution in [0.5, 0.6) is 0 Å². The Morgan fingerprint density at radius 2 is 0.645 bits per heavy atom. The van der Waals surface area contributed by atoms with E-state index in [1.165, 1.54) is 135 Å². The van der Waals surface area contributed by atoms with Crippen molar-refractivity contribution in [1.82, 2.24) is 0 Å². The number of carbonyl (C=O) groups excluding carboxylic acids is 3. The molecule has 0 fully saturated rings. The molecule has 1 atom stereocenters. The lowest BCUT2D eigenvalue weighted by Gasteiger charge is -2.18. The standard InChI is InChI=1S/C56H98O6/c1-4-7-10-13-16-19-21-23-25-27-29-30-32-34-37-40-43-46-49-55(58)61-52-53(51-60-54(57)48-45-42-39-36-18-15-12-9-6-3)62-56(59)50-47-44-41-38-35-33-31-28-26-24-22-20-17-14-11-8-5-2/h24-27,29-31,33,38,41,53H,4-23,28,32,34-37,39-40,42-52H2,1-3H3/b26-24-,27-25-,30-29-,33-31-,41-38-. The number of rotatable bonds is 47. The van der Waals surface area contributed by atoms with Crippen LogP contribution >= 0.6 is 0 Å². The monoisotopic (exact) mass is 867 g/mol. The van der Waals surface area contributed by atoms with Gasteiger partial charge in [0, 0.05) is 19.3 Å². The van der Waals surface area contributed by atoms with E-state index in [4.69, 9.17) is 14.2 Å². The van der Waals surface area contributed by atoms with Crippen LogP contribution in [0.15, 0.2) is 60.8 Å². The maximum absolute atomic E-state index is 12.8. The summed E-state index contributed by atoms with van der Waals surface area (Å²) in [5, 5.41) is 0. The van der Waals surface area contributed by atoms with Crippen LogP contribution in [-0.2, 0) is 28.6 Å². The predicted octanol–water partition coefficient (Wildman–Crippen LogP) is 17.3. The minimum absolute atomic E-state index is 0.0980. The van der Waals surface area contributed by atoms with Gasteiger partial charge in [-0.2, -0.15) is 0 Å². The summed E-state index contributed by atoms with van der Waals surface area (Å²) in [6, 6.07) is 0. The third kappa shape index (κ3) is 48.1. The van der Waals surface area contributed by atoms with E-state index in [0.717, 1.165) is 77.0 Å². The molecule has 0 rings (SSSR count). The van der Waals surface area contributed by atoms with Crippen molar-refractivity contribution in [3.05, 3.63) is 60.8 Å². The first-order chi connectivity index (χ1) is 30.5. The van der Waals surface area contributed by atoms with E-state index in [0.29, 0.717) is 19.3 Å². The third-order valence-electron chi connectivity index (χ3n) is 11.3. The fourth-order valence-electron chi connectivity index (χ4n) is 7.27. The van der Waals surface area contributed by atoms with Crippen molar-refractivity contribution in [2.75, 3.05) is 13.2 Å². The van der Waals surface area contributed by atoms with Crippen LogP contribution in [0, 0.1) is 0 Å². The molecule has 0 aliphatic carbocycles. The van der Waals surface area contributed by atoms with Crippen LogP contribution in [0.3, 0.4) is 0 Å². The van der Waals surface area contributed by atoms with E-state index in [2.05, 4.69) is 81.5 Å². The lowest BCUT2D eigenvalue weighted by atomic mass is 10.1. The molecule has 0 spiro atoms. The van der Waals surface area contributed by atoms with E-state index in [-0.39, 0.29) is 37.5 Å².